The maximum Gasteiger partial charge on any atom is 0.234 e. The lowest BCUT2D eigenvalue weighted by Crippen LogP contribution is -3.11. The number of hydrogen-bond acceptors (Lipinski definition) is 4. The summed E-state index contributed by atoms with van der Waals surface area (Å²) in [5, 5.41) is 0. The highest BCUT2D eigenvalue weighted by atomic mass is 35.5. The van der Waals surface area contributed by atoms with Crippen LogP contribution >= 0.6 is 11.8 Å². The van der Waals surface area contributed by atoms with Crippen LogP contribution in [-0.2, 0) is 0 Å². The van der Waals surface area contributed by atoms with Crippen LogP contribution in [0.5, 0.6) is 11.5 Å². The normalized spacial score (nSPS) is 20.4. The quantitative estimate of drug-likeness (QED) is 0.852. The van der Waals surface area contributed by atoms with Gasteiger partial charge < -0.3 is 9.47 Å². The highest BCUT2D eigenvalue weighted by molar-refractivity contribution is 6.14. The molecule has 6 heteroatoms. The van der Waals surface area contributed by atoms with Gasteiger partial charge in [0.05, 0.1) is 14.2 Å². The third-order valence-electron chi connectivity index (χ3n) is 3.28. The molecule has 3 rings (SSSR count). The summed E-state index contributed by atoms with van der Waals surface area (Å²) in [5.74, 6) is 2.45. The molecular weight excluding hydrogens is 278 g/mol. The summed E-state index contributed by atoms with van der Waals surface area (Å²) in [6.45, 7) is 0.652. The molecule has 0 bridgehead atoms. The van der Waals surface area contributed by atoms with Gasteiger partial charge in [-0.15, -0.1) is 0 Å². The molecule has 1 unspecified atom stereocenters. The maximum atomic E-state index is 5.98. The van der Waals surface area contributed by atoms with Crippen molar-refractivity contribution in [1.29, 1.82) is 0 Å². The number of benzene rings is 1. The van der Waals surface area contributed by atoms with Gasteiger partial charge >= 0.3 is 0 Å². The molecule has 0 fully saturated rings. The van der Waals surface area contributed by atoms with E-state index in [1.54, 1.807) is 18.6 Å². The van der Waals surface area contributed by atoms with E-state index in [0.717, 1.165) is 33.5 Å². The number of hydrogen-bond donors (Lipinski definition) is 1. The van der Waals surface area contributed by atoms with E-state index < -0.39 is 0 Å². The number of amidine groups is 1. The minimum Gasteiger partial charge on any atom is -0.497 e. The Bertz CT molecular complexity index is 625. The topological polar surface area (TPSA) is 38.5 Å². The molecule has 20 heavy (non-hydrogen) atoms. The van der Waals surface area contributed by atoms with E-state index in [1.165, 1.54) is 0 Å². The minimum atomic E-state index is 0.652. The monoisotopic (exact) mass is 292 g/mol. The smallest absolute Gasteiger partial charge is 0.234 e. The van der Waals surface area contributed by atoms with Gasteiger partial charge in [0, 0.05) is 35.7 Å². The first-order valence-corrected chi connectivity index (χ1v) is 6.54. The van der Waals surface area contributed by atoms with Crippen LogP contribution in [-0.4, -0.2) is 31.1 Å². The van der Waals surface area contributed by atoms with Crippen LogP contribution in [0.1, 0.15) is 5.56 Å². The van der Waals surface area contributed by atoms with Gasteiger partial charge in [0.1, 0.15) is 23.4 Å². The Labute approximate surface area is 122 Å². The second-order valence-corrected chi connectivity index (χ2v) is 4.93. The number of methoxy groups -OCH3 is 2. The van der Waals surface area contributed by atoms with Crippen LogP contribution in [0.2, 0.25) is 0 Å². The molecule has 0 amide bonds. The third kappa shape index (κ3) is 2.26. The summed E-state index contributed by atoms with van der Waals surface area (Å²) in [5.41, 5.74) is 1.82. The molecule has 1 N–H and O–H groups in total. The van der Waals surface area contributed by atoms with Crippen LogP contribution in [0.3, 0.4) is 0 Å². The number of nitrogens with zero attached hydrogens (tertiary/aromatic N) is 2. The highest BCUT2D eigenvalue weighted by Crippen LogP contribution is 2.31. The fourth-order valence-corrected chi connectivity index (χ4v) is 2.44. The van der Waals surface area contributed by atoms with Gasteiger partial charge in [-0.3, -0.25) is 0 Å². The summed E-state index contributed by atoms with van der Waals surface area (Å²) in [6.07, 6.45) is 5.76. The number of fused-ring (bicyclic) bond motifs is 1. The summed E-state index contributed by atoms with van der Waals surface area (Å²) < 4.78 is 12.2. The van der Waals surface area contributed by atoms with Gasteiger partial charge in [0.2, 0.25) is 5.84 Å². The summed E-state index contributed by atoms with van der Waals surface area (Å²) in [4.78, 5) is 5.73. The second-order valence-electron chi connectivity index (χ2n) is 4.49. The molecule has 1 aromatic rings. The molecule has 0 spiro atoms. The molecule has 0 aliphatic carbocycles. The first-order valence-electron chi connectivity index (χ1n) is 6.21. The maximum absolute atomic E-state index is 5.98. The number of quaternary nitrogens is 1. The second kappa shape index (κ2) is 5.19. The molecule has 1 aromatic carbocycles. The molecule has 0 aromatic heterocycles. The van der Waals surface area contributed by atoms with Crippen LogP contribution in [0.4, 0.5) is 0 Å². The van der Waals surface area contributed by atoms with Crippen molar-refractivity contribution in [2.24, 2.45) is 4.99 Å². The molecule has 1 atom stereocenters. The lowest BCUT2D eigenvalue weighted by Gasteiger charge is -2.19. The molecule has 2 heterocycles. The van der Waals surface area contributed by atoms with Gasteiger partial charge in [-0.05, 0) is 12.1 Å². The van der Waals surface area contributed by atoms with Crippen LogP contribution in [0, 0.1) is 0 Å². The first-order chi connectivity index (χ1) is 9.71. The average Bonchev–Trinajstić information content (AvgIpc) is 2.89. The Morgan fingerprint density at radius 3 is 2.90 bits per heavy atom. The van der Waals surface area contributed by atoms with E-state index in [9.17, 15) is 0 Å². The number of aliphatic imine (C=N–C) groups is 1. The lowest BCUT2D eigenvalue weighted by molar-refractivity contribution is -0.754. The van der Waals surface area contributed by atoms with Crippen molar-refractivity contribution in [1.82, 2.24) is 4.42 Å². The number of rotatable bonds is 3. The molecule has 2 aliphatic heterocycles. The van der Waals surface area contributed by atoms with Crippen LogP contribution in [0.25, 0.3) is 5.70 Å². The van der Waals surface area contributed by atoms with E-state index >= 15 is 0 Å². The van der Waals surface area contributed by atoms with Crippen molar-refractivity contribution >= 4 is 23.3 Å². The average molecular weight is 293 g/mol. The van der Waals surface area contributed by atoms with Crippen molar-refractivity contribution in [2.45, 2.75) is 0 Å². The zero-order valence-corrected chi connectivity index (χ0v) is 12.0. The Morgan fingerprint density at radius 1 is 1.30 bits per heavy atom. The van der Waals surface area contributed by atoms with E-state index in [0.29, 0.717) is 6.67 Å². The van der Waals surface area contributed by atoms with Crippen molar-refractivity contribution in [3.63, 3.8) is 0 Å². The Kier molecular flexibility index (Phi) is 3.38. The van der Waals surface area contributed by atoms with Gasteiger partial charge in [-0.1, -0.05) is 0 Å². The molecule has 104 valence electrons. The SMILES string of the molecule is COc1ccc(C2=C[NH+]3CN(Cl)C=CC3=N2)c(OC)c1. The molecular formula is C14H15ClN3O2+. The lowest BCUT2D eigenvalue weighted by atomic mass is 10.1. The Morgan fingerprint density at radius 2 is 2.15 bits per heavy atom. The zero-order valence-electron chi connectivity index (χ0n) is 11.3. The van der Waals surface area contributed by atoms with Crippen molar-refractivity contribution < 1.29 is 14.4 Å². The predicted octanol–water partition coefficient (Wildman–Crippen LogP) is 1.24. The summed E-state index contributed by atoms with van der Waals surface area (Å²) in [7, 11) is 3.27. The van der Waals surface area contributed by atoms with Gasteiger partial charge in [0.15, 0.2) is 6.67 Å². The van der Waals surface area contributed by atoms with Crippen molar-refractivity contribution in [2.75, 3.05) is 20.9 Å². The third-order valence-corrected chi connectivity index (χ3v) is 3.51. The largest absolute Gasteiger partial charge is 0.497 e. The predicted molar refractivity (Wildman–Crippen MR) is 77.6 cm³/mol. The van der Waals surface area contributed by atoms with E-state index in [4.69, 9.17) is 21.3 Å². The first kappa shape index (κ1) is 13.0. The minimum absolute atomic E-state index is 0.652. The van der Waals surface area contributed by atoms with Gasteiger partial charge in [0.25, 0.3) is 0 Å². The molecule has 5 nitrogen and oxygen atoms in total. The molecule has 2 aliphatic rings. The highest BCUT2D eigenvalue weighted by Gasteiger charge is 2.28. The number of ether oxygens (including phenoxy) is 2. The molecule has 0 radical (unpaired) electrons. The van der Waals surface area contributed by atoms with Crippen molar-refractivity contribution in [3.05, 3.63) is 42.2 Å². The van der Waals surface area contributed by atoms with Crippen LogP contribution < -0.4 is 14.4 Å². The van der Waals surface area contributed by atoms with Gasteiger partial charge in [-0.25, -0.2) is 9.32 Å². The zero-order chi connectivity index (χ0) is 14.1. The molecule has 0 saturated heterocycles. The van der Waals surface area contributed by atoms with Gasteiger partial charge in [-0.2, -0.15) is 4.99 Å². The fraction of sp³-hybridized carbons (Fsp3) is 0.214. The number of halogens is 1. The standard InChI is InChI=1S/C14H14ClN3O2/c1-19-10-3-4-11(13(7-10)20-2)12-8-17-9-18(15)6-5-14(17)16-12/h3-8H,9H2,1-2H3/p+1. The molecule has 0 saturated carbocycles. The van der Waals surface area contributed by atoms with Crippen molar-refractivity contribution in [3.8, 4) is 11.5 Å². The number of nitrogens with one attached hydrogen (secondary N) is 1. The fourth-order valence-electron chi connectivity index (χ4n) is 2.26. The Hall–Kier alpha value is -1.98. The van der Waals surface area contributed by atoms with Crippen LogP contribution in [0.15, 0.2) is 41.7 Å². The summed E-state index contributed by atoms with van der Waals surface area (Å²) in [6, 6.07) is 5.70. The van der Waals surface area contributed by atoms with E-state index in [-0.39, 0.29) is 0 Å². The van der Waals surface area contributed by atoms with E-state index in [2.05, 4.69) is 4.99 Å². The van der Waals surface area contributed by atoms with E-state index in [1.807, 2.05) is 36.7 Å². The Balaban J connectivity index is 1.97. The summed E-state index contributed by atoms with van der Waals surface area (Å²) >= 11 is 5.98.